The lowest BCUT2D eigenvalue weighted by Crippen LogP contribution is -2.47. The first-order valence-corrected chi connectivity index (χ1v) is 11.5. The Kier molecular flexibility index (Phi) is 4.82. The summed E-state index contributed by atoms with van der Waals surface area (Å²) in [5, 5.41) is 9.80. The molecule has 0 saturated heterocycles. The van der Waals surface area contributed by atoms with Crippen LogP contribution in [-0.2, 0) is 11.2 Å². The van der Waals surface area contributed by atoms with Crippen molar-refractivity contribution in [1.29, 1.82) is 0 Å². The van der Waals surface area contributed by atoms with E-state index in [1.54, 1.807) is 19.1 Å². The Morgan fingerprint density at radius 2 is 1.73 bits per heavy atom. The molecule has 4 fully saturated rings. The molecule has 1 aliphatic heterocycles. The zero-order valence-electron chi connectivity index (χ0n) is 17.3. The molecule has 160 valence electrons. The number of fused-ring (bicyclic) bond motifs is 1. The maximum Gasteiger partial charge on any atom is 0.262 e. The summed E-state index contributed by atoms with van der Waals surface area (Å²) in [5.41, 5.74) is 1.12. The third-order valence-corrected chi connectivity index (χ3v) is 8.31. The molecule has 2 amide bonds. The quantitative estimate of drug-likeness (QED) is 0.692. The third-order valence-electron chi connectivity index (χ3n) is 7.95. The largest absolute Gasteiger partial charge is 0.394 e. The van der Waals surface area contributed by atoms with Crippen LogP contribution in [-0.4, -0.2) is 40.3 Å². The van der Waals surface area contributed by atoms with Crippen molar-refractivity contribution in [3.63, 3.8) is 0 Å². The minimum absolute atomic E-state index is 0.0874. The number of halogens is 1. The summed E-state index contributed by atoms with van der Waals surface area (Å²) in [6, 6.07) is 2.54. The number of aliphatic hydroxyl groups is 1. The molecular formula is C24H28ClNO4. The lowest BCUT2D eigenvalue weighted by atomic mass is 9.48. The Balaban J connectivity index is 1.40. The van der Waals surface area contributed by atoms with E-state index >= 15 is 0 Å². The average Bonchev–Trinajstić information content (AvgIpc) is 2.92. The molecular weight excluding hydrogens is 402 g/mol. The van der Waals surface area contributed by atoms with Gasteiger partial charge in [0.1, 0.15) is 5.78 Å². The van der Waals surface area contributed by atoms with E-state index in [0.717, 1.165) is 41.9 Å². The number of carbonyl (C=O) groups excluding carboxylic acids is 3. The highest BCUT2D eigenvalue weighted by Gasteiger charge is 2.51. The normalized spacial score (nSPS) is 32.6. The number of hydrogen-bond donors (Lipinski definition) is 1. The smallest absolute Gasteiger partial charge is 0.262 e. The summed E-state index contributed by atoms with van der Waals surface area (Å²) in [5.74, 6) is 1.56. The molecule has 4 aliphatic carbocycles. The first-order chi connectivity index (χ1) is 14.3. The van der Waals surface area contributed by atoms with E-state index in [1.165, 1.54) is 19.3 Å². The lowest BCUT2D eigenvalue weighted by Gasteiger charge is -2.56. The molecule has 1 aromatic rings. The molecule has 5 nitrogen and oxygen atoms in total. The van der Waals surface area contributed by atoms with Gasteiger partial charge in [-0.05, 0) is 86.3 Å². The van der Waals surface area contributed by atoms with E-state index in [-0.39, 0.29) is 35.4 Å². The molecule has 30 heavy (non-hydrogen) atoms. The van der Waals surface area contributed by atoms with Crippen molar-refractivity contribution in [2.24, 2.45) is 23.2 Å². The van der Waals surface area contributed by atoms with Gasteiger partial charge in [0, 0.05) is 17.9 Å². The highest BCUT2D eigenvalue weighted by Crippen LogP contribution is 2.61. The van der Waals surface area contributed by atoms with E-state index in [9.17, 15) is 19.5 Å². The molecule has 1 atom stereocenters. The predicted octanol–water partition coefficient (Wildman–Crippen LogP) is 4.03. The summed E-state index contributed by atoms with van der Waals surface area (Å²) in [6.07, 6.45) is 8.11. The van der Waals surface area contributed by atoms with Gasteiger partial charge >= 0.3 is 0 Å². The molecule has 1 aromatic carbocycles. The molecule has 4 bridgehead atoms. The van der Waals surface area contributed by atoms with Crippen LogP contribution in [0.4, 0.5) is 0 Å². The average molecular weight is 430 g/mol. The maximum atomic E-state index is 13.2. The van der Waals surface area contributed by atoms with E-state index in [4.69, 9.17) is 11.6 Å². The van der Waals surface area contributed by atoms with E-state index < -0.39 is 17.9 Å². The highest BCUT2D eigenvalue weighted by molar-refractivity contribution is 6.33. The van der Waals surface area contributed by atoms with E-state index in [2.05, 4.69) is 0 Å². The van der Waals surface area contributed by atoms with Crippen LogP contribution in [0.15, 0.2) is 12.1 Å². The Morgan fingerprint density at radius 1 is 1.13 bits per heavy atom. The standard InChI is InChI=1S/C24H28ClNO4/c1-13(12-27)26-22(29)18-2-3-20(25)19(21(18)23(26)30)7-17(28)11-24-8-14-4-15(9-24)6-16(5-14)10-24/h2-3,13-16,27H,4-12H2,1H3/t13-,14?,15?,16?,24?/m1/s1. The second-order valence-electron chi connectivity index (χ2n) is 10.3. The fraction of sp³-hybridized carbons (Fsp3) is 0.625. The molecule has 1 heterocycles. The number of carbonyl (C=O) groups is 3. The number of imide groups is 1. The van der Waals surface area contributed by atoms with E-state index in [1.807, 2.05) is 0 Å². The summed E-state index contributed by atoms with van der Waals surface area (Å²) in [7, 11) is 0. The van der Waals surface area contributed by atoms with Crippen molar-refractivity contribution in [2.45, 2.75) is 64.3 Å². The van der Waals surface area contributed by atoms with Gasteiger partial charge in [-0.2, -0.15) is 0 Å². The zero-order valence-corrected chi connectivity index (χ0v) is 18.1. The summed E-state index contributed by atoms with van der Waals surface area (Å²) < 4.78 is 0. The van der Waals surface area contributed by atoms with Crippen molar-refractivity contribution < 1.29 is 19.5 Å². The number of nitrogens with zero attached hydrogens (tertiary/aromatic N) is 1. The van der Waals surface area contributed by atoms with Crippen molar-refractivity contribution in [1.82, 2.24) is 4.90 Å². The number of rotatable bonds is 6. The Morgan fingerprint density at radius 3 is 2.30 bits per heavy atom. The molecule has 0 spiro atoms. The molecule has 0 unspecified atom stereocenters. The fourth-order valence-electron chi connectivity index (χ4n) is 7.23. The number of benzene rings is 1. The van der Waals surface area contributed by atoms with Gasteiger partial charge in [-0.1, -0.05) is 11.6 Å². The number of hydrogen-bond acceptors (Lipinski definition) is 4. The first-order valence-electron chi connectivity index (χ1n) is 11.1. The topological polar surface area (TPSA) is 74.7 Å². The van der Waals surface area contributed by atoms with Gasteiger partial charge in [0.05, 0.1) is 23.8 Å². The van der Waals surface area contributed by atoms with Crippen molar-refractivity contribution in [3.05, 3.63) is 33.8 Å². The van der Waals surface area contributed by atoms with Gasteiger partial charge in [0.2, 0.25) is 0 Å². The minimum atomic E-state index is -0.619. The summed E-state index contributed by atoms with van der Waals surface area (Å²) in [6.45, 7) is 1.32. The number of amides is 2. The van der Waals surface area contributed by atoms with Gasteiger partial charge in [-0.15, -0.1) is 0 Å². The molecule has 0 radical (unpaired) electrons. The zero-order chi connectivity index (χ0) is 21.2. The van der Waals surface area contributed by atoms with Gasteiger partial charge < -0.3 is 5.11 Å². The SMILES string of the molecule is C[C@H](CO)N1C(=O)c2ccc(Cl)c(CC(=O)CC34CC5CC(CC(C5)C3)C4)c2C1=O. The molecule has 5 aliphatic rings. The second-order valence-corrected chi connectivity index (χ2v) is 10.7. The molecule has 0 aromatic heterocycles. The van der Waals surface area contributed by atoms with E-state index in [0.29, 0.717) is 17.0 Å². The second kappa shape index (κ2) is 7.16. The van der Waals surface area contributed by atoms with Crippen molar-refractivity contribution >= 4 is 29.2 Å². The van der Waals surface area contributed by atoms with Crippen molar-refractivity contribution in [2.75, 3.05) is 6.61 Å². The summed E-state index contributed by atoms with van der Waals surface area (Å²) >= 11 is 6.42. The van der Waals surface area contributed by atoms with Crippen LogP contribution in [0, 0.1) is 23.2 Å². The summed E-state index contributed by atoms with van der Waals surface area (Å²) in [4.78, 5) is 40.0. The van der Waals surface area contributed by atoms with Crippen LogP contribution in [0.2, 0.25) is 5.02 Å². The van der Waals surface area contributed by atoms with Crippen LogP contribution in [0.1, 0.15) is 78.1 Å². The minimum Gasteiger partial charge on any atom is -0.394 e. The number of aliphatic hydroxyl groups excluding tert-OH is 1. The van der Waals surface area contributed by atoms with Crippen LogP contribution in [0.3, 0.4) is 0 Å². The Hall–Kier alpha value is -1.72. The monoisotopic (exact) mass is 429 g/mol. The van der Waals surface area contributed by atoms with Crippen LogP contribution >= 0.6 is 11.6 Å². The molecule has 6 rings (SSSR count). The van der Waals surface area contributed by atoms with Gasteiger partial charge in [-0.3, -0.25) is 19.3 Å². The number of Topliss-reactive ketones (excluding diaryl/α,β-unsaturated/α-hetero) is 1. The Labute approximate surface area is 181 Å². The molecule has 4 saturated carbocycles. The van der Waals surface area contributed by atoms with Crippen molar-refractivity contribution in [3.8, 4) is 0 Å². The highest BCUT2D eigenvalue weighted by atomic mass is 35.5. The molecule has 1 N–H and O–H groups in total. The fourth-order valence-corrected chi connectivity index (χ4v) is 7.45. The van der Waals surface area contributed by atoms with Gasteiger partial charge in [0.25, 0.3) is 11.8 Å². The predicted molar refractivity (Wildman–Crippen MR) is 112 cm³/mol. The Bertz CT molecular complexity index is 904. The van der Waals surface area contributed by atoms with Crippen LogP contribution < -0.4 is 0 Å². The third kappa shape index (κ3) is 3.13. The van der Waals surface area contributed by atoms with Gasteiger partial charge in [0.15, 0.2) is 0 Å². The van der Waals surface area contributed by atoms with Crippen LogP contribution in [0.25, 0.3) is 0 Å². The number of ketones is 1. The lowest BCUT2D eigenvalue weighted by molar-refractivity contribution is -0.126. The maximum absolute atomic E-state index is 13.2. The van der Waals surface area contributed by atoms with Gasteiger partial charge in [-0.25, -0.2) is 0 Å². The first kappa shape index (κ1) is 20.2. The van der Waals surface area contributed by atoms with Crippen LogP contribution in [0.5, 0.6) is 0 Å². The molecule has 6 heteroatoms.